The third-order valence-electron chi connectivity index (χ3n) is 7.24. The van der Waals surface area contributed by atoms with Crippen LogP contribution in [0.1, 0.15) is 49.7 Å². The summed E-state index contributed by atoms with van der Waals surface area (Å²) >= 11 is 0. The first-order valence-electron chi connectivity index (χ1n) is 10.1. The monoisotopic (exact) mass is 343 g/mol. The van der Waals surface area contributed by atoms with Crippen molar-refractivity contribution in [3.8, 4) is 0 Å². The van der Waals surface area contributed by atoms with Crippen molar-refractivity contribution in [1.29, 1.82) is 5.41 Å². The number of rotatable bonds is 2. The molecule has 4 saturated carbocycles. The lowest BCUT2D eigenvalue weighted by Gasteiger charge is -2.57. The number of anilines is 1. The maximum atomic E-state index is 8.62. The second-order valence-corrected chi connectivity index (χ2v) is 9.13. The van der Waals surface area contributed by atoms with Crippen molar-refractivity contribution in [3.63, 3.8) is 0 Å². The van der Waals surface area contributed by atoms with E-state index < -0.39 is 0 Å². The van der Waals surface area contributed by atoms with E-state index in [9.17, 15) is 0 Å². The number of hydrogen-bond acceptors (Lipinski definition) is 1. The Balaban J connectivity index is 1.27. The Hall–Kier alpha value is -2.29. The van der Waals surface area contributed by atoms with Gasteiger partial charge in [0.2, 0.25) is 0 Å². The van der Waals surface area contributed by atoms with Crippen molar-refractivity contribution in [2.75, 3.05) is 5.32 Å². The van der Waals surface area contributed by atoms with E-state index in [2.05, 4.69) is 53.1 Å². The Morgan fingerprint density at radius 2 is 1.54 bits per heavy atom. The molecule has 0 spiro atoms. The maximum absolute atomic E-state index is 8.62. The summed E-state index contributed by atoms with van der Waals surface area (Å²) in [4.78, 5) is 0. The van der Waals surface area contributed by atoms with Gasteiger partial charge in [0.25, 0.3) is 0 Å². The second-order valence-electron chi connectivity index (χ2n) is 9.13. The van der Waals surface area contributed by atoms with Crippen LogP contribution >= 0.6 is 0 Å². The van der Waals surface area contributed by atoms with Gasteiger partial charge in [-0.2, -0.15) is 0 Å². The van der Waals surface area contributed by atoms with Gasteiger partial charge in [0.15, 0.2) is 5.96 Å². The lowest BCUT2D eigenvalue weighted by Crippen LogP contribution is -2.60. The van der Waals surface area contributed by atoms with E-state index in [0.717, 1.165) is 23.4 Å². The number of guanidine groups is 1. The molecule has 0 amide bonds. The van der Waals surface area contributed by atoms with Crippen molar-refractivity contribution in [1.82, 2.24) is 5.32 Å². The van der Waals surface area contributed by atoms with Gasteiger partial charge >= 0.3 is 0 Å². The zero-order valence-corrected chi connectivity index (χ0v) is 15.0. The average Bonchev–Trinajstić information content (AvgIpc) is 3.00. The largest absolute Gasteiger partial charge is 0.351 e. The first kappa shape index (κ1) is 14.8. The summed E-state index contributed by atoms with van der Waals surface area (Å²) in [5.41, 5.74) is 3.77. The van der Waals surface area contributed by atoms with Gasteiger partial charge in [0.1, 0.15) is 0 Å². The van der Waals surface area contributed by atoms with Crippen molar-refractivity contribution >= 4 is 34.6 Å². The zero-order valence-electron chi connectivity index (χ0n) is 15.0. The van der Waals surface area contributed by atoms with Crippen LogP contribution in [-0.4, -0.2) is 11.5 Å². The summed E-state index contributed by atoms with van der Waals surface area (Å²) in [6.45, 7) is 0. The summed E-state index contributed by atoms with van der Waals surface area (Å²) in [6, 6.07) is 10.7. The van der Waals surface area contributed by atoms with Gasteiger partial charge in [0.05, 0.1) is 0 Å². The first-order valence-corrected chi connectivity index (χ1v) is 10.1. The topological polar surface area (TPSA) is 47.9 Å². The standard InChI is InChI=1S/C23H25N3/c24-22(26-23-11-14-8-15(12-23)10-16(9-14)13-23)25-20-7-6-18-5-4-17-2-1-3-19(20)21(17)18/h1-7,14-16H,8-13H2,(H3,24,25,26). The summed E-state index contributed by atoms with van der Waals surface area (Å²) in [5.74, 6) is 3.15. The average molecular weight is 343 g/mol. The van der Waals surface area contributed by atoms with Gasteiger partial charge in [-0.15, -0.1) is 0 Å². The normalized spacial score (nSPS) is 33.0. The maximum Gasteiger partial charge on any atom is 0.193 e. The van der Waals surface area contributed by atoms with Gasteiger partial charge in [-0.3, -0.25) is 5.41 Å². The van der Waals surface area contributed by atoms with Gasteiger partial charge in [0, 0.05) is 16.6 Å². The number of hydrogen-bond donors (Lipinski definition) is 3. The summed E-state index contributed by atoms with van der Waals surface area (Å²) in [7, 11) is 0. The highest BCUT2D eigenvalue weighted by Gasteiger charge is 2.51. The van der Waals surface area contributed by atoms with Crippen molar-refractivity contribution in [2.45, 2.75) is 44.1 Å². The molecule has 2 aromatic rings. The van der Waals surface area contributed by atoms with Crippen LogP contribution in [0.25, 0.3) is 22.9 Å². The molecule has 3 N–H and O–H groups in total. The lowest BCUT2D eigenvalue weighted by molar-refractivity contribution is -0.0101. The molecule has 4 fully saturated rings. The Bertz CT molecular complexity index is 908. The van der Waals surface area contributed by atoms with Crippen LogP contribution in [0, 0.1) is 23.2 Å². The fraction of sp³-hybridized carbons (Fsp3) is 0.435. The summed E-state index contributed by atoms with van der Waals surface area (Å²) in [6.07, 6.45) is 12.4. The molecular weight excluding hydrogens is 318 g/mol. The van der Waals surface area contributed by atoms with Crippen molar-refractivity contribution in [3.05, 3.63) is 41.5 Å². The van der Waals surface area contributed by atoms with Crippen molar-refractivity contribution in [2.24, 2.45) is 17.8 Å². The molecule has 0 atom stereocenters. The van der Waals surface area contributed by atoms with Gasteiger partial charge in [-0.1, -0.05) is 36.4 Å². The summed E-state index contributed by atoms with van der Waals surface area (Å²) < 4.78 is 0. The Morgan fingerprint density at radius 1 is 0.885 bits per heavy atom. The van der Waals surface area contributed by atoms with E-state index in [0.29, 0.717) is 5.96 Å². The molecular formula is C23H25N3. The molecule has 2 aromatic carbocycles. The van der Waals surface area contributed by atoms with Crippen LogP contribution in [-0.2, 0) is 0 Å². The highest BCUT2D eigenvalue weighted by molar-refractivity contribution is 6.11. The third-order valence-corrected chi connectivity index (χ3v) is 7.24. The Morgan fingerprint density at radius 3 is 2.23 bits per heavy atom. The fourth-order valence-corrected chi connectivity index (χ4v) is 6.72. The molecule has 0 aliphatic heterocycles. The van der Waals surface area contributed by atoms with E-state index in [-0.39, 0.29) is 5.54 Å². The molecule has 3 nitrogen and oxygen atoms in total. The van der Waals surface area contributed by atoms with Crippen LogP contribution < -0.4 is 10.6 Å². The van der Waals surface area contributed by atoms with E-state index >= 15 is 0 Å². The quantitative estimate of drug-likeness (QED) is 0.441. The predicted molar refractivity (Wildman–Crippen MR) is 108 cm³/mol. The smallest absolute Gasteiger partial charge is 0.193 e. The molecule has 0 heterocycles. The van der Waals surface area contributed by atoms with Gasteiger partial charge < -0.3 is 10.6 Å². The highest BCUT2D eigenvalue weighted by atomic mass is 15.2. The molecule has 132 valence electrons. The molecule has 4 bridgehead atoms. The highest BCUT2D eigenvalue weighted by Crippen LogP contribution is 2.55. The summed E-state index contributed by atoms with van der Waals surface area (Å²) in [5, 5.41) is 18.2. The molecule has 3 heteroatoms. The fourth-order valence-electron chi connectivity index (χ4n) is 6.72. The molecule has 0 radical (unpaired) electrons. The minimum Gasteiger partial charge on any atom is -0.351 e. The molecule has 0 saturated heterocycles. The van der Waals surface area contributed by atoms with Crippen LogP contribution in [0.4, 0.5) is 5.69 Å². The molecule has 7 rings (SSSR count). The molecule has 0 aromatic heterocycles. The minimum absolute atomic E-state index is 0.176. The number of nitrogens with one attached hydrogen (secondary N) is 3. The second kappa shape index (κ2) is 5.12. The van der Waals surface area contributed by atoms with Crippen LogP contribution in [0.5, 0.6) is 0 Å². The van der Waals surface area contributed by atoms with Crippen molar-refractivity contribution < 1.29 is 0 Å². The van der Waals surface area contributed by atoms with E-state index in [4.69, 9.17) is 5.41 Å². The van der Waals surface area contributed by atoms with E-state index in [1.165, 1.54) is 60.4 Å². The van der Waals surface area contributed by atoms with Crippen LogP contribution in [0.3, 0.4) is 0 Å². The lowest BCUT2D eigenvalue weighted by atomic mass is 9.53. The Kier molecular flexibility index (Phi) is 2.92. The van der Waals surface area contributed by atoms with E-state index in [1.54, 1.807) is 0 Å². The molecule has 5 aliphatic rings. The predicted octanol–water partition coefficient (Wildman–Crippen LogP) is 5.23. The molecule has 26 heavy (non-hydrogen) atoms. The minimum atomic E-state index is 0.176. The van der Waals surface area contributed by atoms with E-state index in [1.807, 2.05) is 0 Å². The molecule has 5 aliphatic carbocycles. The third kappa shape index (κ3) is 2.16. The Labute approximate surface area is 154 Å². The van der Waals surface area contributed by atoms with Crippen LogP contribution in [0.15, 0.2) is 30.3 Å². The first-order chi connectivity index (χ1) is 12.7. The SMILES string of the molecule is N=C(Nc1ccc2c3c(cccc13)C=C2)NC12CC3CC(CC(C3)C1)C2. The van der Waals surface area contributed by atoms with Crippen LogP contribution in [0.2, 0.25) is 0 Å². The van der Waals surface area contributed by atoms with Gasteiger partial charge in [-0.05, 0) is 78.9 Å². The zero-order chi connectivity index (χ0) is 17.3. The van der Waals surface area contributed by atoms with Gasteiger partial charge in [-0.25, -0.2) is 0 Å². The molecule has 0 unspecified atom stereocenters. The number of benzene rings is 2.